The Hall–Kier alpha value is -3.34. The minimum atomic E-state index is -0.586. The van der Waals surface area contributed by atoms with Crippen molar-refractivity contribution in [3.63, 3.8) is 0 Å². The summed E-state index contributed by atoms with van der Waals surface area (Å²) in [6.45, 7) is 8.10. The fraction of sp³-hybridized carbons (Fsp3) is 0.429. The number of allylic oxidation sites excluding steroid dienone is 6. The second-order valence-corrected chi connectivity index (χ2v) is 9.62. The van der Waals surface area contributed by atoms with Crippen LogP contribution < -0.4 is 5.32 Å². The van der Waals surface area contributed by atoms with Gasteiger partial charge in [-0.05, 0) is 51.8 Å². The minimum Gasteiger partial charge on any atom is -0.468 e. The molecule has 3 rings (SSSR count). The topological polar surface area (TPSA) is 77.1 Å². The number of rotatable bonds is 5. The average molecular weight is 479 g/mol. The second-order valence-electron chi connectivity index (χ2n) is 9.62. The van der Waals surface area contributed by atoms with Crippen LogP contribution in [0, 0.1) is 11.8 Å². The van der Waals surface area contributed by atoms with E-state index in [2.05, 4.69) is 48.4 Å². The van der Waals surface area contributed by atoms with Gasteiger partial charge in [0.2, 0.25) is 0 Å². The minimum absolute atomic E-state index is 0.229. The summed E-state index contributed by atoms with van der Waals surface area (Å²) in [7, 11) is 1.36. The van der Waals surface area contributed by atoms with Crippen LogP contribution in [0.15, 0.2) is 59.7 Å². The first-order chi connectivity index (χ1) is 16.6. The fourth-order valence-corrected chi connectivity index (χ4v) is 3.65. The van der Waals surface area contributed by atoms with Gasteiger partial charge in [0, 0.05) is 24.1 Å². The van der Waals surface area contributed by atoms with E-state index in [-0.39, 0.29) is 18.6 Å². The molecule has 1 aromatic rings. The van der Waals surface area contributed by atoms with Crippen LogP contribution in [0.2, 0.25) is 0 Å². The molecule has 7 heteroatoms. The number of esters is 1. The number of nitrogens with one attached hydrogen (secondary N) is 1. The van der Waals surface area contributed by atoms with Gasteiger partial charge in [-0.25, -0.2) is 4.79 Å². The van der Waals surface area contributed by atoms with Crippen molar-refractivity contribution < 1.29 is 23.9 Å². The molecule has 2 aliphatic rings. The van der Waals surface area contributed by atoms with Crippen molar-refractivity contribution in [3.05, 3.63) is 70.8 Å². The van der Waals surface area contributed by atoms with Gasteiger partial charge in [-0.1, -0.05) is 53.9 Å². The van der Waals surface area contributed by atoms with Crippen molar-refractivity contribution in [1.82, 2.24) is 10.4 Å². The summed E-state index contributed by atoms with van der Waals surface area (Å²) in [6.07, 6.45) is 8.69. The molecule has 1 aliphatic carbocycles. The number of carbonyl (C=O) groups excluding carboxylic acids is 2. The van der Waals surface area contributed by atoms with Crippen molar-refractivity contribution in [3.8, 4) is 11.8 Å². The molecule has 1 fully saturated rings. The van der Waals surface area contributed by atoms with Gasteiger partial charge in [0.25, 0.3) is 0 Å². The Morgan fingerprint density at radius 2 is 1.91 bits per heavy atom. The lowest BCUT2D eigenvalue weighted by atomic mass is 10.1. The van der Waals surface area contributed by atoms with Gasteiger partial charge >= 0.3 is 12.1 Å². The third-order valence-corrected chi connectivity index (χ3v) is 5.39. The molecule has 0 spiro atoms. The summed E-state index contributed by atoms with van der Waals surface area (Å²) in [5.41, 5.74) is 3.58. The lowest BCUT2D eigenvalue weighted by Gasteiger charge is -2.22. The predicted molar refractivity (Wildman–Crippen MR) is 134 cm³/mol. The number of benzene rings is 1. The van der Waals surface area contributed by atoms with E-state index in [1.54, 1.807) is 25.8 Å². The van der Waals surface area contributed by atoms with Crippen molar-refractivity contribution in [2.24, 2.45) is 0 Å². The SMILES string of the molecule is COC(=O)C1CC(CNC(=O)OC(C)(C)C)ON1Cc1ccc(C#CC2=CC=C(C)C=CC2)cc1. The average Bonchev–Trinajstić information content (AvgIpc) is 3.08. The molecular formula is C28H34N2O5. The highest BCUT2D eigenvalue weighted by Gasteiger charge is 2.39. The first-order valence-electron chi connectivity index (χ1n) is 11.8. The van der Waals surface area contributed by atoms with Crippen LogP contribution in [-0.2, 0) is 25.7 Å². The quantitative estimate of drug-likeness (QED) is 0.498. The molecule has 1 aliphatic heterocycles. The smallest absolute Gasteiger partial charge is 0.407 e. The Morgan fingerprint density at radius 3 is 2.60 bits per heavy atom. The van der Waals surface area contributed by atoms with Gasteiger partial charge in [0.15, 0.2) is 0 Å². The van der Waals surface area contributed by atoms with Crippen LogP contribution in [-0.4, -0.2) is 48.5 Å². The Kier molecular flexibility index (Phi) is 8.91. The molecule has 1 amide bonds. The van der Waals surface area contributed by atoms with Gasteiger partial charge in [0.05, 0.1) is 19.8 Å². The van der Waals surface area contributed by atoms with Crippen LogP contribution in [0.3, 0.4) is 0 Å². The second kappa shape index (κ2) is 11.9. The first kappa shape index (κ1) is 26.3. The molecular weight excluding hydrogens is 444 g/mol. The number of alkyl carbamates (subject to hydrolysis) is 1. The summed E-state index contributed by atoms with van der Waals surface area (Å²) < 4.78 is 10.2. The Balaban J connectivity index is 1.60. The lowest BCUT2D eigenvalue weighted by Crippen LogP contribution is -2.37. The van der Waals surface area contributed by atoms with Crippen LogP contribution >= 0.6 is 0 Å². The largest absolute Gasteiger partial charge is 0.468 e. The maximum absolute atomic E-state index is 12.3. The van der Waals surface area contributed by atoms with Crippen molar-refractivity contribution in [2.45, 2.75) is 64.8 Å². The van der Waals surface area contributed by atoms with E-state index >= 15 is 0 Å². The predicted octanol–water partition coefficient (Wildman–Crippen LogP) is 4.44. The standard InChI is InChI=1S/C28H34N2O5/c1-20-7-6-8-21(10-9-20)11-12-22-13-15-23(16-14-22)19-30-25(26(31)33-5)17-24(35-30)18-29-27(32)34-28(2,3)4/h6-7,9-10,13-16,24-25H,8,17-19H2,1-5H3,(H,29,32). The molecule has 1 N–H and O–H groups in total. The van der Waals surface area contributed by atoms with Crippen LogP contribution in [0.5, 0.6) is 0 Å². The highest BCUT2D eigenvalue weighted by molar-refractivity contribution is 5.75. The number of amides is 1. The third-order valence-electron chi connectivity index (χ3n) is 5.39. The summed E-state index contributed by atoms with van der Waals surface area (Å²) in [6, 6.07) is 7.30. The van der Waals surface area contributed by atoms with E-state index in [0.29, 0.717) is 13.0 Å². The molecule has 0 bridgehead atoms. The lowest BCUT2D eigenvalue weighted by molar-refractivity contribution is -0.184. The Labute approximate surface area is 207 Å². The van der Waals surface area contributed by atoms with Gasteiger partial charge in [-0.15, -0.1) is 0 Å². The molecule has 0 saturated carbocycles. The molecule has 0 radical (unpaired) electrons. The van der Waals surface area contributed by atoms with Gasteiger partial charge in [-0.3, -0.25) is 9.63 Å². The number of hydrogen-bond acceptors (Lipinski definition) is 6. The number of methoxy groups -OCH3 is 1. The zero-order valence-electron chi connectivity index (χ0n) is 21.1. The van der Waals surface area contributed by atoms with E-state index in [9.17, 15) is 9.59 Å². The normalized spacial score (nSPS) is 20.1. The number of hydroxylamine groups is 2. The molecule has 1 saturated heterocycles. The maximum Gasteiger partial charge on any atom is 0.407 e. The van der Waals surface area contributed by atoms with Crippen LogP contribution in [0.1, 0.15) is 51.7 Å². The van der Waals surface area contributed by atoms with Gasteiger partial charge in [0.1, 0.15) is 11.6 Å². The molecule has 7 nitrogen and oxygen atoms in total. The zero-order chi connectivity index (χ0) is 25.4. The monoisotopic (exact) mass is 478 g/mol. The Bertz CT molecular complexity index is 1070. The number of hydrogen-bond donors (Lipinski definition) is 1. The highest BCUT2D eigenvalue weighted by atomic mass is 16.7. The van der Waals surface area contributed by atoms with Crippen molar-refractivity contribution in [1.29, 1.82) is 0 Å². The van der Waals surface area contributed by atoms with Gasteiger partial charge in [-0.2, -0.15) is 5.06 Å². The molecule has 186 valence electrons. The first-order valence-corrected chi connectivity index (χ1v) is 11.8. The molecule has 1 aromatic carbocycles. The fourth-order valence-electron chi connectivity index (χ4n) is 3.65. The number of ether oxygens (including phenoxy) is 2. The summed E-state index contributed by atoms with van der Waals surface area (Å²) in [5.74, 6) is 6.08. The van der Waals surface area contributed by atoms with E-state index < -0.39 is 17.7 Å². The number of nitrogens with zero attached hydrogens (tertiary/aromatic N) is 1. The third kappa shape index (κ3) is 8.43. The van der Waals surface area contributed by atoms with Crippen molar-refractivity contribution >= 4 is 12.1 Å². The highest BCUT2D eigenvalue weighted by Crippen LogP contribution is 2.24. The molecule has 2 unspecified atom stereocenters. The molecule has 2 atom stereocenters. The summed E-state index contributed by atoms with van der Waals surface area (Å²) >= 11 is 0. The molecule has 35 heavy (non-hydrogen) atoms. The number of carbonyl (C=O) groups is 2. The van der Waals surface area contributed by atoms with E-state index in [1.165, 1.54) is 12.7 Å². The van der Waals surface area contributed by atoms with Crippen molar-refractivity contribution in [2.75, 3.05) is 13.7 Å². The van der Waals surface area contributed by atoms with Crippen LogP contribution in [0.25, 0.3) is 0 Å². The van der Waals surface area contributed by atoms with E-state index in [4.69, 9.17) is 14.3 Å². The maximum atomic E-state index is 12.3. The van der Waals surface area contributed by atoms with Gasteiger partial charge < -0.3 is 14.8 Å². The zero-order valence-corrected chi connectivity index (χ0v) is 21.1. The summed E-state index contributed by atoms with van der Waals surface area (Å²) in [4.78, 5) is 30.3. The van der Waals surface area contributed by atoms with Crippen LogP contribution in [0.4, 0.5) is 4.79 Å². The van der Waals surface area contributed by atoms with E-state index in [1.807, 2.05) is 24.3 Å². The Morgan fingerprint density at radius 1 is 1.17 bits per heavy atom. The van der Waals surface area contributed by atoms with E-state index in [0.717, 1.165) is 23.1 Å². The summed E-state index contributed by atoms with van der Waals surface area (Å²) in [5, 5.41) is 4.32. The molecule has 1 heterocycles. The molecule has 0 aromatic heterocycles.